The van der Waals surface area contributed by atoms with Gasteiger partial charge in [-0.1, -0.05) is 30.3 Å². The molecule has 0 aliphatic heterocycles. The third kappa shape index (κ3) is 3.45. The molecule has 0 aliphatic carbocycles. The van der Waals surface area contributed by atoms with Crippen molar-refractivity contribution in [1.29, 1.82) is 5.26 Å². The lowest BCUT2D eigenvalue weighted by atomic mass is 10.1. The smallest absolute Gasteiger partial charge is 0.230 e. The Morgan fingerprint density at radius 2 is 1.69 bits per heavy atom. The average Bonchev–Trinajstić information content (AvgIpc) is 2.69. The van der Waals surface area contributed by atoms with Crippen LogP contribution in [-0.4, -0.2) is 9.97 Å². The highest BCUT2D eigenvalue weighted by molar-refractivity contribution is 5.83. The molecule has 0 saturated carbocycles. The maximum absolute atomic E-state index is 8.85. The summed E-state index contributed by atoms with van der Waals surface area (Å²) in [5.41, 5.74) is 1.40. The monoisotopic (exact) mass is 338 g/mol. The van der Waals surface area contributed by atoms with Crippen LogP contribution >= 0.6 is 0 Å². The van der Waals surface area contributed by atoms with Gasteiger partial charge in [0.1, 0.15) is 5.75 Å². The number of benzene rings is 3. The van der Waals surface area contributed by atoms with E-state index < -0.39 is 0 Å². The zero-order valence-corrected chi connectivity index (χ0v) is 13.8. The van der Waals surface area contributed by atoms with E-state index in [-0.39, 0.29) is 0 Å². The lowest BCUT2D eigenvalue weighted by Crippen LogP contribution is -1.98. The van der Waals surface area contributed by atoms with Crippen LogP contribution in [0.4, 0.5) is 11.6 Å². The van der Waals surface area contributed by atoms with E-state index in [4.69, 9.17) is 10.00 Å². The number of anilines is 2. The number of rotatable bonds is 4. The van der Waals surface area contributed by atoms with Crippen LogP contribution in [0.1, 0.15) is 5.56 Å². The number of aromatic nitrogens is 2. The minimum atomic E-state index is 0.424. The first-order chi connectivity index (χ1) is 12.8. The van der Waals surface area contributed by atoms with E-state index in [0.29, 0.717) is 23.1 Å². The molecular formula is C21H14N4O. The predicted octanol–water partition coefficient (Wildman–Crippen LogP) is 5.04. The molecule has 4 rings (SSSR count). The Labute approximate surface area is 150 Å². The molecule has 0 radical (unpaired) electrons. The fourth-order valence-electron chi connectivity index (χ4n) is 2.57. The highest BCUT2D eigenvalue weighted by Crippen LogP contribution is 2.25. The van der Waals surface area contributed by atoms with Crippen LogP contribution in [0.2, 0.25) is 0 Å². The molecule has 3 aromatic carbocycles. The molecule has 0 spiro atoms. The summed E-state index contributed by atoms with van der Waals surface area (Å²) in [4.78, 5) is 8.58. The molecule has 0 bridgehead atoms. The SMILES string of the molecule is N#Cc1ccc(Nc2nccc(Oc3ccc4ccccc4c3)n2)cc1. The van der Waals surface area contributed by atoms with Crippen molar-refractivity contribution in [3.05, 3.63) is 84.6 Å². The zero-order valence-electron chi connectivity index (χ0n) is 13.8. The first kappa shape index (κ1) is 15.6. The van der Waals surface area contributed by atoms with Gasteiger partial charge in [0.2, 0.25) is 11.8 Å². The molecule has 1 N–H and O–H groups in total. The number of nitrogens with zero attached hydrogens (tertiary/aromatic N) is 3. The van der Waals surface area contributed by atoms with Crippen molar-refractivity contribution in [3.8, 4) is 17.7 Å². The largest absolute Gasteiger partial charge is 0.439 e. The predicted molar refractivity (Wildman–Crippen MR) is 100 cm³/mol. The van der Waals surface area contributed by atoms with E-state index in [1.807, 2.05) is 36.4 Å². The Morgan fingerprint density at radius 1 is 0.885 bits per heavy atom. The van der Waals surface area contributed by atoms with Crippen molar-refractivity contribution >= 4 is 22.4 Å². The van der Waals surface area contributed by atoms with Crippen LogP contribution in [0, 0.1) is 11.3 Å². The van der Waals surface area contributed by atoms with Crippen molar-refractivity contribution < 1.29 is 4.74 Å². The van der Waals surface area contributed by atoms with Gasteiger partial charge in [0.25, 0.3) is 0 Å². The van der Waals surface area contributed by atoms with Gasteiger partial charge >= 0.3 is 0 Å². The molecule has 4 aromatic rings. The van der Waals surface area contributed by atoms with Gasteiger partial charge in [0.15, 0.2) is 0 Å². The van der Waals surface area contributed by atoms with Gasteiger partial charge in [0, 0.05) is 18.0 Å². The Balaban J connectivity index is 1.53. The molecule has 5 nitrogen and oxygen atoms in total. The van der Waals surface area contributed by atoms with Crippen LogP contribution in [0.15, 0.2) is 79.0 Å². The van der Waals surface area contributed by atoms with Crippen LogP contribution in [0.5, 0.6) is 11.6 Å². The maximum atomic E-state index is 8.85. The highest BCUT2D eigenvalue weighted by Gasteiger charge is 2.04. The van der Waals surface area contributed by atoms with E-state index in [1.54, 1.807) is 36.5 Å². The molecule has 5 heteroatoms. The lowest BCUT2D eigenvalue weighted by Gasteiger charge is -2.08. The molecule has 0 saturated heterocycles. The van der Waals surface area contributed by atoms with Crippen LogP contribution < -0.4 is 10.1 Å². The summed E-state index contributed by atoms with van der Waals surface area (Å²) in [6, 6.07) is 24.9. The van der Waals surface area contributed by atoms with E-state index in [2.05, 4.69) is 27.4 Å². The second-order valence-corrected chi connectivity index (χ2v) is 5.64. The highest BCUT2D eigenvalue weighted by atomic mass is 16.5. The van der Waals surface area contributed by atoms with Crippen LogP contribution in [0.3, 0.4) is 0 Å². The summed E-state index contributed by atoms with van der Waals surface area (Å²) in [5.74, 6) is 1.59. The van der Waals surface area contributed by atoms with Gasteiger partial charge in [-0.05, 0) is 47.2 Å². The van der Waals surface area contributed by atoms with Gasteiger partial charge < -0.3 is 10.1 Å². The Hall–Kier alpha value is -3.91. The number of fused-ring (bicyclic) bond motifs is 1. The van der Waals surface area contributed by atoms with Gasteiger partial charge in [-0.15, -0.1) is 0 Å². The van der Waals surface area contributed by atoms with E-state index in [1.165, 1.54) is 0 Å². The second kappa shape index (κ2) is 6.91. The standard InChI is InChI=1S/C21H14N4O/c22-14-15-5-8-18(9-6-15)24-21-23-12-11-20(25-21)26-19-10-7-16-3-1-2-4-17(16)13-19/h1-13H,(H,23,24,25). The zero-order chi connectivity index (χ0) is 17.8. The van der Waals surface area contributed by atoms with Gasteiger partial charge in [-0.3, -0.25) is 0 Å². The number of nitrogens with one attached hydrogen (secondary N) is 1. The molecule has 1 heterocycles. The fourth-order valence-corrected chi connectivity index (χ4v) is 2.57. The van der Waals surface area contributed by atoms with Gasteiger partial charge in [-0.2, -0.15) is 10.2 Å². The van der Waals surface area contributed by atoms with Crippen molar-refractivity contribution in [3.63, 3.8) is 0 Å². The topological polar surface area (TPSA) is 70.8 Å². The van der Waals surface area contributed by atoms with Crippen molar-refractivity contribution in [2.45, 2.75) is 0 Å². The minimum Gasteiger partial charge on any atom is -0.439 e. The number of hydrogen-bond acceptors (Lipinski definition) is 5. The number of ether oxygens (including phenoxy) is 1. The molecule has 0 atom stereocenters. The Kier molecular flexibility index (Phi) is 4.15. The fraction of sp³-hybridized carbons (Fsp3) is 0. The normalized spacial score (nSPS) is 10.3. The number of hydrogen-bond donors (Lipinski definition) is 1. The molecule has 0 aliphatic rings. The Morgan fingerprint density at radius 3 is 2.50 bits per heavy atom. The maximum Gasteiger partial charge on any atom is 0.230 e. The number of nitriles is 1. The van der Waals surface area contributed by atoms with Gasteiger partial charge in [0.05, 0.1) is 11.6 Å². The summed E-state index contributed by atoms with van der Waals surface area (Å²) in [6.45, 7) is 0. The first-order valence-electron chi connectivity index (χ1n) is 8.07. The summed E-state index contributed by atoms with van der Waals surface area (Å²) in [6.07, 6.45) is 1.63. The lowest BCUT2D eigenvalue weighted by molar-refractivity contribution is 0.463. The summed E-state index contributed by atoms with van der Waals surface area (Å²) in [7, 11) is 0. The quantitative estimate of drug-likeness (QED) is 0.564. The third-order valence-electron chi connectivity index (χ3n) is 3.84. The molecule has 0 amide bonds. The molecular weight excluding hydrogens is 324 g/mol. The third-order valence-corrected chi connectivity index (χ3v) is 3.84. The first-order valence-corrected chi connectivity index (χ1v) is 8.07. The molecule has 0 unspecified atom stereocenters. The van der Waals surface area contributed by atoms with Crippen LogP contribution in [-0.2, 0) is 0 Å². The van der Waals surface area contributed by atoms with E-state index in [9.17, 15) is 0 Å². The molecule has 0 fully saturated rings. The van der Waals surface area contributed by atoms with Crippen molar-refractivity contribution in [2.75, 3.05) is 5.32 Å². The minimum absolute atomic E-state index is 0.424. The van der Waals surface area contributed by atoms with Crippen molar-refractivity contribution in [2.24, 2.45) is 0 Å². The summed E-state index contributed by atoms with van der Waals surface area (Å²) >= 11 is 0. The second-order valence-electron chi connectivity index (χ2n) is 5.64. The average molecular weight is 338 g/mol. The summed E-state index contributed by atoms with van der Waals surface area (Å²) < 4.78 is 5.87. The molecule has 26 heavy (non-hydrogen) atoms. The summed E-state index contributed by atoms with van der Waals surface area (Å²) in [5, 5.41) is 14.2. The molecule has 124 valence electrons. The van der Waals surface area contributed by atoms with Gasteiger partial charge in [-0.25, -0.2) is 4.98 Å². The molecule has 1 aromatic heterocycles. The van der Waals surface area contributed by atoms with Crippen LogP contribution in [0.25, 0.3) is 10.8 Å². The Bertz CT molecular complexity index is 1100. The van der Waals surface area contributed by atoms with E-state index in [0.717, 1.165) is 16.5 Å². The van der Waals surface area contributed by atoms with E-state index >= 15 is 0 Å². The van der Waals surface area contributed by atoms with Crippen molar-refractivity contribution in [1.82, 2.24) is 9.97 Å².